The predicted octanol–water partition coefficient (Wildman–Crippen LogP) is 4.94. The number of rotatable bonds is 11. The van der Waals surface area contributed by atoms with Gasteiger partial charge in [-0.2, -0.15) is 0 Å². The molecule has 4 nitrogen and oxygen atoms in total. The van der Waals surface area contributed by atoms with Gasteiger partial charge in [0.25, 0.3) is 0 Å². The molecule has 0 saturated heterocycles. The normalized spacial score (nSPS) is 13.6. The van der Waals surface area contributed by atoms with Gasteiger partial charge in [0.15, 0.2) is 0 Å². The summed E-state index contributed by atoms with van der Waals surface area (Å²) in [5.74, 6) is 0. The van der Waals surface area contributed by atoms with Crippen LogP contribution in [0.5, 0.6) is 0 Å². The summed E-state index contributed by atoms with van der Waals surface area (Å²) in [4.78, 5) is 0. The summed E-state index contributed by atoms with van der Waals surface area (Å²) in [6.45, 7) is 2.92. The second-order valence-electron chi connectivity index (χ2n) is 8.07. The fourth-order valence-corrected chi connectivity index (χ4v) is 4.62. The summed E-state index contributed by atoms with van der Waals surface area (Å²) >= 11 is 0. The van der Waals surface area contributed by atoms with Crippen LogP contribution in [0.3, 0.4) is 0 Å². The van der Waals surface area contributed by atoms with Gasteiger partial charge in [0, 0.05) is 0 Å². The Balaban J connectivity index is 1.72. The van der Waals surface area contributed by atoms with Gasteiger partial charge < -0.3 is 5.32 Å². The first-order valence-corrected chi connectivity index (χ1v) is 12.7. The summed E-state index contributed by atoms with van der Waals surface area (Å²) in [7, 11) is -3.39. The molecular formula is C26H32N2O2S. The molecule has 3 aromatic carbocycles. The topological polar surface area (TPSA) is 58.2 Å². The smallest absolute Gasteiger partial charge is 0.209 e. The molecule has 3 aromatic rings. The van der Waals surface area contributed by atoms with E-state index in [1.165, 1.54) is 17.4 Å². The Morgan fingerprint density at radius 1 is 0.774 bits per heavy atom. The number of aryl methyl sites for hydroxylation is 2. The standard InChI is InChI=1S/C26H32N2O2S/c1-21-12-11-14-22(20-21)13-9-10-19-27-25(23-15-5-3-6-16-23)26(28-31(2,29)30)24-17-7-4-8-18-24/h3-8,11-12,14-18,20,25-28H,9-10,13,19H2,1-2H3/t25-,26-/m0/s1. The zero-order valence-electron chi connectivity index (χ0n) is 18.3. The van der Waals surface area contributed by atoms with Crippen molar-refractivity contribution in [2.45, 2.75) is 38.3 Å². The van der Waals surface area contributed by atoms with E-state index in [-0.39, 0.29) is 6.04 Å². The lowest BCUT2D eigenvalue weighted by atomic mass is 9.94. The van der Waals surface area contributed by atoms with Crippen molar-refractivity contribution in [2.24, 2.45) is 0 Å². The summed E-state index contributed by atoms with van der Waals surface area (Å²) in [6.07, 6.45) is 4.35. The number of hydrogen-bond acceptors (Lipinski definition) is 3. The summed E-state index contributed by atoms with van der Waals surface area (Å²) in [6, 6.07) is 27.9. The molecular weight excluding hydrogens is 404 g/mol. The zero-order valence-corrected chi connectivity index (χ0v) is 19.1. The first kappa shape index (κ1) is 23.2. The first-order valence-electron chi connectivity index (χ1n) is 10.8. The highest BCUT2D eigenvalue weighted by Gasteiger charge is 2.27. The molecule has 0 heterocycles. The van der Waals surface area contributed by atoms with Gasteiger partial charge in [0.2, 0.25) is 10.0 Å². The van der Waals surface area contributed by atoms with Gasteiger partial charge in [0.05, 0.1) is 18.3 Å². The first-order chi connectivity index (χ1) is 14.9. The highest BCUT2D eigenvalue weighted by molar-refractivity contribution is 7.88. The van der Waals surface area contributed by atoms with Crippen molar-refractivity contribution in [3.63, 3.8) is 0 Å². The number of hydrogen-bond donors (Lipinski definition) is 2. The van der Waals surface area contributed by atoms with Crippen LogP contribution >= 0.6 is 0 Å². The quantitative estimate of drug-likeness (QED) is 0.419. The van der Waals surface area contributed by atoms with Gasteiger partial charge in [-0.05, 0) is 49.4 Å². The van der Waals surface area contributed by atoms with Gasteiger partial charge in [-0.1, -0.05) is 90.5 Å². The molecule has 2 N–H and O–H groups in total. The summed E-state index contributed by atoms with van der Waals surface area (Å²) in [5.41, 5.74) is 4.65. The molecule has 31 heavy (non-hydrogen) atoms. The molecule has 0 aliphatic carbocycles. The predicted molar refractivity (Wildman–Crippen MR) is 128 cm³/mol. The zero-order chi connectivity index (χ0) is 22.1. The molecule has 0 fully saturated rings. The molecule has 0 aliphatic rings. The van der Waals surface area contributed by atoms with Gasteiger partial charge in [-0.15, -0.1) is 0 Å². The van der Waals surface area contributed by atoms with Crippen LogP contribution in [0.1, 0.15) is 47.2 Å². The highest BCUT2D eigenvalue weighted by Crippen LogP contribution is 2.29. The SMILES string of the molecule is Cc1cccc(CCCCN[C@@H](c2ccccc2)[C@@H](NS(C)(=O)=O)c2ccccc2)c1. The van der Waals surface area contributed by atoms with Crippen LogP contribution < -0.4 is 10.0 Å². The molecule has 0 aliphatic heterocycles. The molecule has 0 saturated carbocycles. The van der Waals surface area contributed by atoms with Crippen molar-refractivity contribution < 1.29 is 8.42 Å². The Morgan fingerprint density at radius 2 is 1.39 bits per heavy atom. The van der Waals surface area contributed by atoms with E-state index in [4.69, 9.17) is 0 Å². The minimum Gasteiger partial charge on any atom is -0.308 e. The molecule has 0 aromatic heterocycles. The number of benzene rings is 3. The molecule has 0 spiro atoms. The molecule has 3 rings (SSSR count). The number of sulfonamides is 1. The Labute approximate surface area is 186 Å². The second kappa shape index (κ2) is 11.2. The second-order valence-corrected chi connectivity index (χ2v) is 9.85. The van der Waals surface area contributed by atoms with E-state index in [9.17, 15) is 8.42 Å². The fraction of sp³-hybridized carbons (Fsp3) is 0.308. The molecule has 5 heteroatoms. The summed E-state index contributed by atoms with van der Waals surface area (Å²) in [5, 5.41) is 3.63. The van der Waals surface area contributed by atoms with Crippen LogP contribution in [0.2, 0.25) is 0 Å². The van der Waals surface area contributed by atoms with Crippen LogP contribution in [-0.4, -0.2) is 21.2 Å². The van der Waals surface area contributed by atoms with Crippen molar-refractivity contribution in [3.05, 3.63) is 107 Å². The maximum Gasteiger partial charge on any atom is 0.209 e. The Morgan fingerprint density at radius 3 is 1.97 bits per heavy atom. The highest BCUT2D eigenvalue weighted by atomic mass is 32.2. The van der Waals surface area contributed by atoms with Crippen molar-refractivity contribution in [2.75, 3.05) is 12.8 Å². The average Bonchev–Trinajstić information content (AvgIpc) is 2.75. The van der Waals surface area contributed by atoms with Gasteiger partial charge in [0.1, 0.15) is 0 Å². The van der Waals surface area contributed by atoms with Crippen LogP contribution in [0.15, 0.2) is 84.9 Å². The Bertz CT molecular complexity index is 1040. The lowest BCUT2D eigenvalue weighted by molar-refractivity contribution is 0.418. The van der Waals surface area contributed by atoms with Crippen LogP contribution in [0.4, 0.5) is 0 Å². The lowest BCUT2D eigenvalue weighted by Gasteiger charge is -2.29. The van der Waals surface area contributed by atoms with E-state index in [1.54, 1.807) is 0 Å². The third-order valence-corrected chi connectivity index (χ3v) is 6.01. The van der Waals surface area contributed by atoms with Crippen LogP contribution in [0.25, 0.3) is 0 Å². The van der Waals surface area contributed by atoms with Crippen molar-refractivity contribution in [1.29, 1.82) is 0 Å². The fourth-order valence-electron chi connectivity index (χ4n) is 3.89. The molecule has 0 bridgehead atoms. The van der Waals surface area contributed by atoms with E-state index < -0.39 is 16.1 Å². The summed E-state index contributed by atoms with van der Waals surface area (Å²) < 4.78 is 27.2. The molecule has 0 unspecified atom stereocenters. The van der Waals surface area contributed by atoms with Gasteiger partial charge in [-0.25, -0.2) is 13.1 Å². The molecule has 2 atom stereocenters. The molecule has 164 valence electrons. The Hall–Kier alpha value is -2.47. The monoisotopic (exact) mass is 436 g/mol. The maximum absolute atomic E-state index is 12.2. The van der Waals surface area contributed by atoms with Crippen molar-refractivity contribution >= 4 is 10.0 Å². The van der Waals surface area contributed by atoms with E-state index in [1.807, 2.05) is 60.7 Å². The van der Waals surface area contributed by atoms with Crippen LogP contribution in [0, 0.1) is 6.92 Å². The minimum atomic E-state index is -3.39. The molecule has 0 amide bonds. The van der Waals surface area contributed by atoms with Crippen molar-refractivity contribution in [1.82, 2.24) is 10.0 Å². The maximum atomic E-state index is 12.2. The van der Waals surface area contributed by atoms with E-state index >= 15 is 0 Å². The number of nitrogens with one attached hydrogen (secondary N) is 2. The minimum absolute atomic E-state index is 0.169. The van der Waals surface area contributed by atoms with E-state index in [0.717, 1.165) is 36.9 Å². The Kier molecular flexibility index (Phi) is 8.41. The van der Waals surface area contributed by atoms with E-state index in [2.05, 4.69) is 41.2 Å². The van der Waals surface area contributed by atoms with E-state index in [0.29, 0.717) is 0 Å². The molecule has 0 radical (unpaired) electrons. The lowest BCUT2D eigenvalue weighted by Crippen LogP contribution is -2.38. The van der Waals surface area contributed by atoms with Gasteiger partial charge in [-0.3, -0.25) is 0 Å². The third-order valence-electron chi connectivity index (χ3n) is 5.33. The van der Waals surface area contributed by atoms with Crippen LogP contribution in [-0.2, 0) is 16.4 Å². The average molecular weight is 437 g/mol. The largest absolute Gasteiger partial charge is 0.308 e. The van der Waals surface area contributed by atoms with Crippen molar-refractivity contribution in [3.8, 4) is 0 Å². The van der Waals surface area contributed by atoms with Gasteiger partial charge >= 0.3 is 0 Å². The number of unbranched alkanes of at least 4 members (excludes halogenated alkanes) is 1. The third kappa shape index (κ3) is 7.62.